The monoisotopic (exact) mass is 267 g/mol. The van der Waals surface area contributed by atoms with Crippen molar-refractivity contribution in [3.05, 3.63) is 58.9 Å². The Morgan fingerprint density at radius 1 is 1.35 bits per heavy atom. The summed E-state index contributed by atoms with van der Waals surface area (Å²) < 4.78 is 5.78. The fourth-order valence-electron chi connectivity index (χ4n) is 1.90. The first-order chi connectivity index (χ1) is 9.60. The number of hydrogen-bond donors (Lipinski definition) is 1. The summed E-state index contributed by atoms with van der Waals surface area (Å²) in [6.07, 6.45) is 1.61. The number of nitrogens with two attached hydrogens (primary N) is 1. The average Bonchev–Trinajstić information content (AvgIpc) is 2.46. The van der Waals surface area contributed by atoms with E-state index in [1.165, 1.54) is 0 Å². The number of nitriles is 1. The molecule has 4 heteroatoms. The zero-order valence-electron chi connectivity index (χ0n) is 11.6. The lowest BCUT2D eigenvalue weighted by Crippen LogP contribution is -2.05. The van der Waals surface area contributed by atoms with E-state index in [1.54, 1.807) is 12.3 Å². The van der Waals surface area contributed by atoms with Gasteiger partial charge >= 0.3 is 0 Å². The maximum Gasteiger partial charge on any atom is 0.140 e. The topological polar surface area (TPSA) is 71.9 Å². The molecule has 2 N–H and O–H groups in total. The minimum Gasteiger partial charge on any atom is -0.489 e. The molecule has 1 unspecified atom stereocenters. The molecule has 0 aliphatic heterocycles. The molecule has 1 atom stereocenters. The fraction of sp³-hybridized carbons (Fsp3) is 0.250. The number of hydrogen-bond acceptors (Lipinski definition) is 4. The number of aryl methyl sites for hydroxylation is 1. The van der Waals surface area contributed by atoms with Gasteiger partial charge in [0.2, 0.25) is 0 Å². The van der Waals surface area contributed by atoms with Gasteiger partial charge in [0.1, 0.15) is 24.1 Å². The van der Waals surface area contributed by atoms with Crippen LogP contribution in [0.5, 0.6) is 5.75 Å². The number of pyridine rings is 1. The van der Waals surface area contributed by atoms with Crippen LogP contribution in [-0.2, 0) is 6.61 Å². The molecule has 0 radical (unpaired) electrons. The minimum absolute atomic E-state index is 0.0149. The van der Waals surface area contributed by atoms with Crippen molar-refractivity contribution in [1.82, 2.24) is 4.98 Å². The van der Waals surface area contributed by atoms with E-state index in [0.717, 1.165) is 22.4 Å². The number of aromatic nitrogens is 1. The second-order valence-corrected chi connectivity index (χ2v) is 4.76. The Morgan fingerprint density at radius 2 is 2.15 bits per heavy atom. The molecule has 0 saturated carbocycles. The Morgan fingerprint density at radius 3 is 2.80 bits per heavy atom. The molecule has 1 aromatic carbocycles. The summed E-state index contributed by atoms with van der Waals surface area (Å²) in [6, 6.07) is 11.5. The van der Waals surface area contributed by atoms with Crippen LogP contribution < -0.4 is 10.5 Å². The van der Waals surface area contributed by atoms with E-state index in [0.29, 0.717) is 12.3 Å². The van der Waals surface area contributed by atoms with Crippen LogP contribution in [0.1, 0.15) is 35.3 Å². The highest BCUT2D eigenvalue weighted by atomic mass is 16.5. The van der Waals surface area contributed by atoms with Crippen molar-refractivity contribution in [2.75, 3.05) is 0 Å². The van der Waals surface area contributed by atoms with Crippen LogP contribution in [0.25, 0.3) is 0 Å². The van der Waals surface area contributed by atoms with Crippen molar-refractivity contribution in [1.29, 1.82) is 5.26 Å². The molecule has 0 aliphatic rings. The molecular weight excluding hydrogens is 250 g/mol. The zero-order chi connectivity index (χ0) is 14.5. The SMILES string of the molecule is Cc1cc(C(C)N)ccc1OCc1ccnc(C#N)c1. The van der Waals surface area contributed by atoms with Gasteiger partial charge in [-0.3, -0.25) is 0 Å². The highest BCUT2D eigenvalue weighted by Crippen LogP contribution is 2.22. The Bertz CT molecular complexity index is 644. The van der Waals surface area contributed by atoms with Crippen LogP contribution in [0.4, 0.5) is 0 Å². The molecule has 2 rings (SSSR count). The number of nitrogens with zero attached hydrogens (tertiary/aromatic N) is 2. The predicted molar refractivity (Wildman–Crippen MR) is 77.1 cm³/mol. The standard InChI is InChI=1S/C16H17N3O/c1-11-7-14(12(2)18)3-4-16(11)20-10-13-5-6-19-15(8-13)9-17/h3-8,12H,10,18H2,1-2H3. The van der Waals surface area contributed by atoms with Crippen molar-refractivity contribution >= 4 is 0 Å². The average molecular weight is 267 g/mol. The maximum absolute atomic E-state index is 8.81. The second kappa shape index (κ2) is 6.18. The van der Waals surface area contributed by atoms with Crippen LogP contribution in [-0.4, -0.2) is 4.98 Å². The summed E-state index contributed by atoms with van der Waals surface area (Å²) in [7, 11) is 0. The highest BCUT2D eigenvalue weighted by Gasteiger charge is 2.05. The molecule has 20 heavy (non-hydrogen) atoms. The van der Waals surface area contributed by atoms with E-state index >= 15 is 0 Å². The highest BCUT2D eigenvalue weighted by molar-refractivity contribution is 5.37. The molecular formula is C16H17N3O. The van der Waals surface area contributed by atoms with Crippen molar-refractivity contribution in [3.8, 4) is 11.8 Å². The quantitative estimate of drug-likeness (QED) is 0.924. The lowest BCUT2D eigenvalue weighted by atomic mass is 10.1. The van der Waals surface area contributed by atoms with Gasteiger partial charge in [0, 0.05) is 12.2 Å². The van der Waals surface area contributed by atoms with E-state index in [2.05, 4.69) is 4.98 Å². The molecule has 1 heterocycles. The summed E-state index contributed by atoms with van der Waals surface area (Å²) in [5.41, 5.74) is 9.31. The van der Waals surface area contributed by atoms with Gasteiger partial charge < -0.3 is 10.5 Å². The first-order valence-electron chi connectivity index (χ1n) is 6.44. The van der Waals surface area contributed by atoms with E-state index in [9.17, 15) is 0 Å². The Balaban J connectivity index is 2.09. The Kier molecular flexibility index (Phi) is 4.34. The van der Waals surface area contributed by atoms with Gasteiger partial charge in [-0.05, 0) is 48.7 Å². The smallest absolute Gasteiger partial charge is 0.140 e. The third-order valence-corrected chi connectivity index (χ3v) is 3.06. The molecule has 102 valence electrons. The lowest BCUT2D eigenvalue weighted by molar-refractivity contribution is 0.304. The Labute approximate surface area is 118 Å². The molecule has 2 aromatic rings. The molecule has 4 nitrogen and oxygen atoms in total. The van der Waals surface area contributed by atoms with Crippen molar-refractivity contribution in [2.45, 2.75) is 26.5 Å². The van der Waals surface area contributed by atoms with Gasteiger partial charge in [-0.25, -0.2) is 4.98 Å². The van der Waals surface area contributed by atoms with Gasteiger partial charge in [-0.1, -0.05) is 12.1 Å². The third kappa shape index (κ3) is 3.34. The van der Waals surface area contributed by atoms with E-state index in [1.807, 2.05) is 44.2 Å². The summed E-state index contributed by atoms with van der Waals surface area (Å²) in [5, 5.41) is 8.81. The van der Waals surface area contributed by atoms with E-state index in [4.69, 9.17) is 15.7 Å². The van der Waals surface area contributed by atoms with E-state index in [-0.39, 0.29) is 6.04 Å². The summed E-state index contributed by atoms with van der Waals surface area (Å²) >= 11 is 0. The summed E-state index contributed by atoms with van der Waals surface area (Å²) in [4.78, 5) is 3.93. The number of rotatable bonds is 4. The lowest BCUT2D eigenvalue weighted by Gasteiger charge is -2.12. The second-order valence-electron chi connectivity index (χ2n) is 4.76. The van der Waals surface area contributed by atoms with Gasteiger partial charge in [0.05, 0.1) is 0 Å². The van der Waals surface area contributed by atoms with Gasteiger partial charge in [-0.15, -0.1) is 0 Å². The molecule has 0 fully saturated rings. The van der Waals surface area contributed by atoms with Crippen molar-refractivity contribution in [2.24, 2.45) is 5.73 Å². The molecule has 0 spiro atoms. The van der Waals surface area contributed by atoms with Crippen molar-refractivity contribution < 1.29 is 4.74 Å². The molecule has 0 saturated heterocycles. The maximum atomic E-state index is 8.81. The molecule has 0 amide bonds. The summed E-state index contributed by atoms with van der Waals surface area (Å²) in [6.45, 7) is 4.36. The van der Waals surface area contributed by atoms with Crippen molar-refractivity contribution in [3.63, 3.8) is 0 Å². The van der Waals surface area contributed by atoms with Gasteiger partial charge in [0.25, 0.3) is 0 Å². The molecule has 0 aliphatic carbocycles. The van der Waals surface area contributed by atoms with Gasteiger partial charge in [0.15, 0.2) is 0 Å². The normalized spacial score (nSPS) is 11.7. The van der Waals surface area contributed by atoms with Crippen LogP contribution in [0.3, 0.4) is 0 Å². The molecule has 0 bridgehead atoms. The van der Waals surface area contributed by atoms with Gasteiger partial charge in [-0.2, -0.15) is 5.26 Å². The zero-order valence-corrected chi connectivity index (χ0v) is 11.6. The first-order valence-corrected chi connectivity index (χ1v) is 6.44. The molecule has 1 aromatic heterocycles. The summed E-state index contributed by atoms with van der Waals surface area (Å²) in [5.74, 6) is 0.824. The fourth-order valence-corrected chi connectivity index (χ4v) is 1.90. The van der Waals surface area contributed by atoms with Crippen LogP contribution in [0, 0.1) is 18.3 Å². The Hall–Kier alpha value is -2.38. The minimum atomic E-state index is 0.0149. The first kappa shape index (κ1) is 14.0. The largest absolute Gasteiger partial charge is 0.489 e. The van der Waals surface area contributed by atoms with E-state index < -0.39 is 0 Å². The van der Waals surface area contributed by atoms with Crippen LogP contribution >= 0.6 is 0 Å². The predicted octanol–water partition coefficient (Wildman–Crippen LogP) is 2.86. The number of benzene rings is 1. The van der Waals surface area contributed by atoms with Crippen LogP contribution in [0.15, 0.2) is 36.5 Å². The number of ether oxygens (including phenoxy) is 1. The van der Waals surface area contributed by atoms with Crippen LogP contribution in [0.2, 0.25) is 0 Å². The third-order valence-electron chi connectivity index (χ3n) is 3.06.